The number of carbonyl (C=O) groups excluding carboxylic acids is 1. The van der Waals surface area contributed by atoms with Crippen LogP contribution in [0.25, 0.3) is 28.0 Å². The molecule has 1 aliphatic heterocycles. The van der Waals surface area contributed by atoms with E-state index in [1.54, 1.807) is 25.8 Å². The molecule has 4 aromatic heterocycles. The van der Waals surface area contributed by atoms with E-state index in [0.717, 1.165) is 29.5 Å². The monoisotopic (exact) mass is 463 g/mol. The highest BCUT2D eigenvalue weighted by atomic mass is 16.5. The predicted molar refractivity (Wildman–Crippen MR) is 129 cm³/mol. The number of nitrogens with zero attached hydrogens (tertiary/aromatic N) is 8. The van der Waals surface area contributed by atoms with Gasteiger partial charge in [0, 0.05) is 52.6 Å². The molecular formula is C23H29N9O2. The highest BCUT2D eigenvalue weighted by molar-refractivity contribution is 6.01. The molecule has 1 saturated heterocycles. The number of imidazole rings is 1. The Bertz CT molecular complexity index is 1340. The average Bonchev–Trinajstić information content (AvgIpc) is 3.41. The number of piperazine rings is 1. The van der Waals surface area contributed by atoms with Gasteiger partial charge >= 0.3 is 0 Å². The summed E-state index contributed by atoms with van der Waals surface area (Å²) in [7, 11) is 5.61. The lowest BCUT2D eigenvalue weighted by atomic mass is 10.2. The fourth-order valence-corrected chi connectivity index (χ4v) is 4.32. The zero-order valence-corrected chi connectivity index (χ0v) is 19.9. The SMILES string of the molecule is COC[C@H](C)Nc1nc(-n2cnc3ccncc32)nc2c1cc(C(=O)N1CCN(C)CC1)n2C. The second-order valence-electron chi connectivity index (χ2n) is 8.77. The maximum absolute atomic E-state index is 13.4. The number of rotatable bonds is 6. The van der Waals surface area contributed by atoms with Crippen molar-refractivity contribution in [1.82, 2.24) is 38.9 Å². The van der Waals surface area contributed by atoms with Crippen molar-refractivity contribution in [2.75, 3.05) is 52.3 Å². The summed E-state index contributed by atoms with van der Waals surface area (Å²) in [4.78, 5) is 35.9. The lowest BCUT2D eigenvalue weighted by molar-refractivity contribution is 0.0655. The predicted octanol–water partition coefficient (Wildman–Crippen LogP) is 1.54. The van der Waals surface area contributed by atoms with Crippen LogP contribution in [0.3, 0.4) is 0 Å². The molecule has 0 aliphatic carbocycles. The maximum atomic E-state index is 13.4. The number of pyridine rings is 1. The van der Waals surface area contributed by atoms with Crippen LogP contribution in [0, 0.1) is 0 Å². The van der Waals surface area contributed by atoms with Gasteiger partial charge in [0.25, 0.3) is 5.91 Å². The van der Waals surface area contributed by atoms with Crippen molar-refractivity contribution >= 4 is 33.8 Å². The van der Waals surface area contributed by atoms with Crippen molar-refractivity contribution in [1.29, 1.82) is 0 Å². The lowest BCUT2D eigenvalue weighted by Gasteiger charge is -2.32. The van der Waals surface area contributed by atoms with Gasteiger partial charge in [0.2, 0.25) is 5.95 Å². The van der Waals surface area contributed by atoms with Gasteiger partial charge in [0.15, 0.2) is 0 Å². The Kier molecular flexibility index (Phi) is 5.88. The van der Waals surface area contributed by atoms with E-state index in [1.807, 2.05) is 40.1 Å². The van der Waals surface area contributed by atoms with Crippen LogP contribution < -0.4 is 5.32 Å². The minimum absolute atomic E-state index is 0.00307. The Morgan fingerprint density at radius 3 is 2.76 bits per heavy atom. The molecule has 4 aromatic rings. The standard InChI is InChI=1S/C23H29N9O2/c1-15(13-34-4)26-20-16-11-18(22(33)31-9-7-29(2)8-10-31)30(3)21(16)28-23(27-20)32-14-25-17-5-6-24-12-19(17)32/h5-6,11-12,14-15H,7-10,13H2,1-4H3,(H,26,27,28)/t15-/m0/s1. The first-order valence-corrected chi connectivity index (χ1v) is 11.3. The quantitative estimate of drug-likeness (QED) is 0.459. The first-order chi connectivity index (χ1) is 16.5. The van der Waals surface area contributed by atoms with Gasteiger partial charge in [-0.2, -0.15) is 9.97 Å². The molecule has 5 rings (SSSR count). The van der Waals surface area contributed by atoms with Gasteiger partial charge in [-0.3, -0.25) is 14.3 Å². The Labute approximate surface area is 197 Å². The van der Waals surface area contributed by atoms with E-state index in [0.29, 0.717) is 42.8 Å². The van der Waals surface area contributed by atoms with Crippen molar-refractivity contribution in [3.05, 3.63) is 36.5 Å². The van der Waals surface area contributed by atoms with E-state index in [9.17, 15) is 4.79 Å². The van der Waals surface area contributed by atoms with Crippen LogP contribution in [0.1, 0.15) is 17.4 Å². The molecule has 11 heteroatoms. The van der Waals surface area contributed by atoms with E-state index in [2.05, 4.69) is 27.2 Å². The summed E-state index contributed by atoms with van der Waals surface area (Å²) in [6.07, 6.45) is 5.13. The van der Waals surface area contributed by atoms with E-state index >= 15 is 0 Å². The molecule has 0 radical (unpaired) electrons. The molecule has 178 valence electrons. The molecule has 1 atom stereocenters. The number of ether oxygens (including phenoxy) is 1. The Morgan fingerprint density at radius 2 is 2.00 bits per heavy atom. The normalized spacial score (nSPS) is 15.8. The lowest BCUT2D eigenvalue weighted by Crippen LogP contribution is -2.47. The number of aromatic nitrogens is 6. The van der Waals surface area contributed by atoms with Crippen LogP contribution in [-0.2, 0) is 11.8 Å². The number of aryl methyl sites for hydroxylation is 1. The molecule has 0 aromatic carbocycles. The highest BCUT2D eigenvalue weighted by Crippen LogP contribution is 2.27. The number of likely N-dealkylation sites (N-methyl/N-ethyl adjacent to an activating group) is 1. The fourth-order valence-electron chi connectivity index (χ4n) is 4.32. The van der Waals surface area contributed by atoms with Crippen LogP contribution in [0.15, 0.2) is 30.9 Å². The number of carbonyl (C=O) groups is 1. The van der Waals surface area contributed by atoms with Gasteiger partial charge in [-0.15, -0.1) is 0 Å². The molecule has 0 unspecified atom stereocenters. The van der Waals surface area contributed by atoms with Gasteiger partial charge in [-0.1, -0.05) is 0 Å². The molecule has 1 aliphatic rings. The van der Waals surface area contributed by atoms with Crippen molar-refractivity contribution in [3.63, 3.8) is 0 Å². The summed E-state index contributed by atoms with van der Waals surface area (Å²) in [5.74, 6) is 1.10. The highest BCUT2D eigenvalue weighted by Gasteiger charge is 2.25. The van der Waals surface area contributed by atoms with Crippen LogP contribution in [0.5, 0.6) is 0 Å². The van der Waals surface area contributed by atoms with E-state index < -0.39 is 0 Å². The van der Waals surface area contributed by atoms with E-state index in [1.165, 1.54) is 0 Å². The zero-order valence-electron chi connectivity index (χ0n) is 19.9. The topological polar surface area (TPSA) is 106 Å². The molecule has 0 spiro atoms. The molecule has 1 N–H and O–H groups in total. The van der Waals surface area contributed by atoms with Gasteiger partial charge in [0.05, 0.1) is 29.2 Å². The Morgan fingerprint density at radius 1 is 1.21 bits per heavy atom. The number of methoxy groups -OCH3 is 1. The molecule has 34 heavy (non-hydrogen) atoms. The number of fused-ring (bicyclic) bond motifs is 2. The van der Waals surface area contributed by atoms with Crippen LogP contribution >= 0.6 is 0 Å². The van der Waals surface area contributed by atoms with Crippen molar-refractivity contribution in [2.45, 2.75) is 13.0 Å². The first-order valence-electron chi connectivity index (χ1n) is 11.3. The van der Waals surface area contributed by atoms with Crippen LogP contribution in [0.4, 0.5) is 5.82 Å². The second kappa shape index (κ2) is 8.99. The molecular weight excluding hydrogens is 434 g/mol. The summed E-state index contributed by atoms with van der Waals surface area (Å²) >= 11 is 0. The summed E-state index contributed by atoms with van der Waals surface area (Å²) < 4.78 is 8.96. The number of hydrogen-bond acceptors (Lipinski definition) is 8. The number of hydrogen-bond donors (Lipinski definition) is 1. The van der Waals surface area contributed by atoms with Crippen molar-refractivity contribution in [3.8, 4) is 5.95 Å². The van der Waals surface area contributed by atoms with Crippen molar-refractivity contribution in [2.24, 2.45) is 7.05 Å². The van der Waals surface area contributed by atoms with Crippen LogP contribution in [0.2, 0.25) is 0 Å². The minimum Gasteiger partial charge on any atom is -0.383 e. The molecule has 1 fully saturated rings. The van der Waals surface area contributed by atoms with Gasteiger partial charge in [-0.25, -0.2) is 4.98 Å². The third-order valence-corrected chi connectivity index (χ3v) is 6.25. The first kappa shape index (κ1) is 22.2. The largest absolute Gasteiger partial charge is 0.383 e. The number of amides is 1. The molecule has 1 amide bonds. The smallest absolute Gasteiger partial charge is 0.270 e. The fraction of sp³-hybridized carbons (Fsp3) is 0.435. The van der Waals surface area contributed by atoms with Gasteiger partial charge in [0.1, 0.15) is 23.5 Å². The zero-order chi connectivity index (χ0) is 23.8. The molecule has 0 bridgehead atoms. The van der Waals surface area contributed by atoms with Gasteiger partial charge in [-0.05, 0) is 26.1 Å². The maximum Gasteiger partial charge on any atom is 0.270 e. The molecule has 5 heterocycles. The second-order valence-corrected chi connectivity index (χ2v) is 8.77. The summed E-state index contributed by atoms with van der Waals surface area (Å²) in [5.41, 5.74) is 2.87. The Balaban J connectivity index is 1.62. The van der Waals surface area contributed by atoms with Gasteiger partial charge < -0.3 is 24.4 Å². The average molecular weight is 464 g/mol. The molecule has 11 nitrogen and oxygen atoms in total. The number of nitrogens with one attached hydrogen (secondary N) is 1. The summed E-state index contributed by atoms with van der Waals surface area (Å²) in [6, 6.07) is 3.74. The number of anilines is 1. The van der Waals surface area contributed by atoms with E-state index in [4.69, 9.17) is 14.7 Å². The van der Waals surface area contributed by atoms with Crippen LogP contribution in [-0.4, -0.2) is 97.8 Å². The van der Waals surface area contributed by atoms with E-state index in [-0.39, 0.29) is 11.9 Å². The summed E-state index contributed by atoms with van der Waals surface area (Å²) in [6.45, 7) is 5.67. The van der Waals surface area contributed by atoms with Crippen molar-refractivity contribution < 1.29 is 9.53 Å². The summed E-state index contributed by atoms with van der Waals surface area (Å²) in [5, 5.41) is 4.22. The third-order valence-electron chi connectivity index (χ3n) is 6.25. The molecule has 0 saturated carbocycles. The Hall–Kier alpha value is -3.57. The third kappa shape index (κ3) is 3.97. The minimum atomic E-state index is 0.00307.